The zero-order valence-corrected chi connectivity index (χ0v) is 22.6. The van der Waals surface area contributed by atoms with E-state index >= 15 is 0 Å². The van der Waals surface area contributed by atoms with Crippen molar-refractivity contribution in [3.8, 4) is 5.75 Å². The summed E-state index contributed by atoms with van der Waals surface area (Å²) in [4.78, 5) is 37.6. The van der Waals surface area contributed by atoms with Crippen molar-refractivity contribution >= 4 is 28.4 Å². The van der Waals surface area contributed by atoms with E-state index < -0.39 is 10.9 Å². The molecule has 0 aliphatic heterocycles. The normalized spacial score (nSPS) is 11.2. The lowest BCUT2D eigenvalue weighted by molar-refractivity contribution is -0.384. The van der Waals surface area contributed by atoms with Crippen molar-refractivity contribution in [1.82, 2.24) is 4.90 Å². The number of carbonyl (C=O) groups excluding carboxylic acids is 1. The van der Waals surface area contributed by atoms with E-state index in [0.717, 1.165) is 31.4 Å². The predicted octanol–water partition coefficient (Wildman–Crippen LogP) is 6.17. The lowest BCUT2D eigenvalue weighted by Crippen LogP contribution is -2.26. The van der Waals surface area contributed by atoms with E-state index in [1.54, 1.807) is 42.5 Å². The van der Waals surface area contributed by atoms with Crippen molar-refractivity contribution < 1.29 is 28.8 Å². The standard InChI is InChI=1S/C31H32N2O7/c1-3-4-5-28-29(26-20-23(31(35)36)10-15-27(26)40-28)30(34)22-8-13-25(14-9-22)39-19-18-32(2)17-16-21-6-11-24(12-7-21)33(37)38/h6-15,20H,3-5,16-19H2,1-2H3,(H,35,36). The summed E-state index contributed by atoms with van der Waals surface area (Å²) in [5, 5.41) is 20.7. The Kier molecular flexibility index (Phi) is 9.29. The average molecular weight is 545 g/mol. The van der Waals surface area contributed by atoms with E-state index in [1.807, 2.05) is 7.05 Å². The number of hydrogen-bond acceptors (Lipinski definition) is 7. The summed E-state index contributed by atoms with van der Waals surface area (Å²) in [6.45, 7) is 3.97. The summed E-state index contributed by atoms with van der Waals surface area (Å²) in [7, 11) is 1.98. The molecule has 1 N–H and O–H groups in total. The third-order valence-electron chi connectivity index (χ3n) is 6.78. The second-order valence-electron chi connectivity index (χ2n) is 9.70. The van der Waals surface area contributed by atoms with Crippen LogP contribution < -0.4 is 4.74 Å². The van der Waals surface area contributed by atoms with Gasteiger partial charge in [0.1, 0.15) is 23.7 Å². The Morgan fingerprint density at radius 2 is 1.68 bits per heavy atom. The SMILES string of the molecule is CCCCc1oc2ccc(C(=O)O)cc2c1C(=O)c1ccc(OCCN(C)CCc2ccc([N+](=O)[O-])cc2)cc1. The largest absolute Gasteiger partial charge is 0.492 e. The van der Waals surface area contributed by atoms with Gasteiger partial charge in [-0.15, -0.1) is 0 Å². The lowest BCUT2D eigenvalue weighted by atomic mass is 9.97. The fraction of sp³-hybridized carbons (Fsp3) is 0.290. The first-order valence-electron chi connectivity index (χ1n) is 13.2. The number of furan rings is 1. The number of hydrogen-bond donors (Lipinski definition) is 1. The molecule has 0 saturated heterocycles. The smallest absolute Gasteiger partial charge is 0.335 e. The molecule has 4 rings (SSSR count). The van der Waals surface area contributed by atoms with E-state index in [4.69, 9.17) is 9.15 Å². The van der Waals surface area contributed by atoms with Gasteiger partial charge in [-0.2, -0.15) is 0 Å². The van der Waals surface area contributed by atoms with Gasteiger partial charge < -0.3 is 19.2 Å². The minimum absolute atomic E-state index is 0.0839. The number of aromatic carboxylic acids is 1. The Labute approximate surface area is 232 Å². The molecule has 0 atom stereocenters. The number of nitrogens with zero attached hydrogens (tertiary/aromatic N) is 2. The summed E-state index contributed by atoms with van der Waals surface area (Å²) in [6, 6.07) is 18.1. The van der Waals surface area contributed by atoms with Crippen LogP contribution in [0.5, 0.6) is 5.75 Å². The van der Waals surface area contributed by atoms with Gasteiger partial charge in [-0.3, -0.25) is 14.9 Å². The Balaban J connectivity index is 1.36. The monoisotopic (exact) mass is 544 g/mol. The molecule has 0 amide bonds. The quantitative estimate of drug-likeness (QED) is 0.114. The molecule has 1 heterocycles. The van der Waals surface area contributed by atoms with Gasteiger partial charge in [-0.25, -0.2) is 4.79 Å². The molecule has 1 aromatic heterocycles. The van der Waals surface area contributed by atoms with Crippen LogP contribution in [0.25, 0.3) is 11.0 Å². The number of unbranched alkanes of at least 4 members (excludes halogenated alkanes) is 1. The molecule has 3 aromatic carbocycles. The Morgan fingerprint density at radius 1 is 0.975 bits per heavy atom. The first kappa shape index (κ1) is 28.5. The van der Waals surface area contributed by atoms with Gasteiger partial charge in [0.25, 0.3) is 5.69 Å². The van der Waals surface area contributed by atoms with Crippen molar-refractivity contribution in [2.24, 2.45) is 0 Å². The van der Waals surface area contributed by atoms with Gasteiger partial charge in [0.05, 0.1) is 16.1 Å². The van der Waals surface area contributed by atoms with Gasteiger partial charge in [-0.05, 0) is 67.9 Å². The minimum atomic E-state index is -1.06. The highest BCUT2D eigenvalue weighted by molar-refractivity contribution is 6.17. The zero-order valence-electron chi connectivity index (χ0n) is 22.6. The highest BCUT2D eigenvalue weighted by Crippen LogP contribution is 2.31. The van der Waals surface area contributed by atoms with Gasteiger partial charge in [0.15, 0.2) is 5.78 Å². The van der Waals surface area contributed by atoms with Crippen molar-refractivity contribution in [3.63, 3.8) is 0 Å². The van der Waals surface area contributed by atoms with Crippen LogP contribution in [0.2, 0.25) is 0 Å². The first-order valence-corrected chi connectivity index (χ1v) is 13.2. The summed E-state index contributed by atoms with van der Waals surface area (Å²) in [6.07, 6.45) is 3.14. The predicted molar refractivity (Wildman–Crippen MR) is 151 cm³/mol. The maximum Gasteiger partial charge on any atom is 0.335 e. The first-order chi connectivity index (χ1) is 19.3. The number of likely N-dealkylation sites (N-methyl/N-ethyl adjacent to an activating group) is 1. The zero-order chi connectivity index (χ0) is 28.6. The van der Waals surface area contributed by atoms with Crippen LogP contribution in [-0.4, -0.2) is 53.4 Å². The Morgan fingerprint density at radius 3 is 2.33 bits per heavy atom. The number of non-ortho nitro benzene ring substituents is 1. The fourth-order valence-electron chi connectivity index (χ4n) is 4.43. The number of rotatable bonds is 14. The number of fused-ring (bicyclic) bond motifs is 1. The number of carboxylic acids is 1. The molecule has 0 saturated carbocycles. The maximum absolute atomic E-state index is 13.6. The van der Waals surface area contributed by atoms with Crippen molar-refractivity contribution in [2.75, 3.05) is 26.7 Å². The topological polar surface area (TPSA) is 123 Å². The van der Waals surface area contributed by atoms with Crippen LogP contribution in [-0.2, 0) is 12.8 Å². The molecule has 9 heteroatoms. The van der Waals surface area contributed by atoms with Gasteiger partial charge in [-0.1, -0.05) is 25.5 Å². The highest BCUT2D eigenvalue weighted by atomic mass is 16.6. The summed E-state index contributed by atoms with van der Waals surface area (Å²) >= 11 is 0. The van der Waals surface area contributed by atoms with Crippen LogP contribution in [0.3, 0.4) is 0 Å². The third kappa shape index (κ3) is 6.92. The molecule has 0 fully saturated rings. The second-order valence-corrected chi connectivity index (χ2v) is 9.70. The second kappa shape index (κ2) is 13.0. The van der Waals surface area contributed by atoms with Gasteiger partial charge >= 0.3 is 5.97 Å². The van der Waals surface area contributed by atoms with Crippen molar-refractivity contribution in [1.29, 1.82) is 0 Å². The molecule has 208 valence electrons. The highest BCUT2D eigenvalue weighted by Gasteiger charge is 2.23. The van der Waals surface area contributed by atoms with Crippen molar-refractivity contribution in [3.05, 3.63) is 105 Å². The minimum Gasteiger partial charge on any atom is -0.492 e. The van der Waals surface area contributed by atoms with Gasteiger partial charge in [0, 0.05) is 42.6 Å². The summed E-state index contributed by atoms with van der Waals surface area (Å²) in [5.41, 5.74) is 2.59. The average Bonchev–Trinajstić information content (AvgIpc) is 3.32. The molecule has 0 radical (unpaired) electrons. The molecule has 0 unspecified atom stereocenters. The number of nitro benzene ring substituents is 1. The lowest BCUT2D eigenvalue weighted by Gasteiger charge is -2.17. The maximum atomic E-state index is 13.6. The molecule has 0 spiro atoms. The van der Waals surface area contributed by atoms with Crippen LogP contribution in [0, 0.1) is 10.1 Å². The van der Waals surface area contributed by atoms with E-state index in [-0.39, 0.29) is 17.0 Å². The number of ketones is 1. The van der Waals surface area contributed by atoms with Crippen LogP contribution in [0.4, 0.5) is 5.69 Å². The molecule has 40 heavy (non-hydrogen) atoms. The Hall–Kier alpha value is -4.50. The van der Waals surface area contributed by atoms with Crippen molar-refractivity contribution in [2.45, 2.75) is 32.6 Å². The van der Waals surface area contributed by atoms with Crippen LogP contribution in [0.15, 0.2) is 71.1 Å². The number of benzene rings is 3. The molecule has 0 aliphatic carbocycles. The van der Waals surface area contributed by atoms with Crippen LogP contribution in [0.1, 0.15) is 57.4 Å². The third-order valence-corrected chi connectivity index (χ3v) is 6.78. The van der Waals surface area contributed by atoms with Crippen LogP contribution >= 0.6 is 0 Å². The van der Waals surface area contributed by atoms with E-state index in [2.05, 4.69) is 11.8 Å². The van der Waals surface area contributed by atoms with E-state index in [9.17, 15) is 24.8 Å². The fourth-order valence-corrected chi connectivity index (χ4v) is 4.43. The van der Waals surface area contributed by atoms with E-state index in [1.165, 1.54) is 24.3 Å². The number of aryl methyl sites for hydroxylation is 1. The van der Waals surface area contributed by atoms with Gasteiger partial charge in [0.2, 0.25) is 0 Å². The molecule has 0 bridgehead atoms. The number of carboxylic acid groups (broad SMARTS) is 1. The summed E-state index contributed by atoms with van der Waals surface area (Å²) in [5.74, 6) is -0.0711. The summed E-state index contributed by atoms with van der Waals surface area (Å²) < 4.78 is 11.8. The Bertz CT molecular complexity index is 1490. The molecule has 4 aromatic rings. The van der Waals surface area contributed by atoms with E-state index in [0.29, 0.717) is 53.2 Å². The molecule has 9 nitrogen and oxygen atoms in total. The molecular weight excluding hydrogens is 512 g/mol. The number of carbonyl (C=O) groups is 2. The molecular formula is C31H32N2O7. The number of nitro groups is 1. The number of ether oxygens (including phenoxy) is 1. The molecule has 0 aliphatic rings.